The molecule has 0 unspecified atom stereocenters. The van der Waals surface area contributed by atoms with Crippen LogP contribution in [-0.2, 0) is 0 Å². The van der Waals surface area contributed by atoms with Crippen LogP contribution < -0.4 is 11.1 Å². The van der Waals surface area contributed by atoms with Gasteiger partial charge in [-0.25, -0.2) is 4.98 Å². The highest BCUT2D eigenvalue weighted by molar-refractivity contribution is 9.10. The zero-order chi connectivity index (χ0) is 14.7. The SMILES string of the molecule is Cc1cc(Br)cc(C(=O)Nc2ccc(C(N)=O)nc2)c1. The van der Waals surface area contributed by atoms with Crippen LogP contribution in [0.4, 0.5) is 5.69 Å². The van der Waals surface area contributed by atoms with Crippen LogP contribution >= 0.6 is 15.9 Å². The number of amides is 2. The fraction of sp³-hybridized carbons (Fsp3) is 0.0714. The van der Waals surface area contributed by atoms with Crippen LogP contribution in [0.25, 0.3) is 0 Å². The summed E-state index contributed by atoms with van der Waals surface area (Å²) in [6.07, 6.45) is 1.39. The molecule has 0 saturated carbocycles. The second kappa shape index (κ2) is 5.83. The number of carbonyl (C=O) groups excluding carboxylic acids is 2. The van der Waals surface area contributed by atoms with Crippen LogP contribution in [0.2, 0.25) is 0 Å². The predicted molar refractivity (Wildman–Crippen MR) is 79.6 cm³/mol. The van der Waals surface area contributed by atoms with Crippen molar-refractivity contribution in [3.63, 3.8) is 0 Å². The Labute approximate surface area is 124 Å². The van der Waals surface area contributed by atoms with Gasteiger partial charge in [0.25, 0.3) is 11.8 Å². The van der Waals surface area contributed by atoms with Gasteiger partial charge in [-0.3, -0.25) is 9.59 Å². The summed E-state index contributed by atoms with van der Waals surface area (Å²) in [6, 6.07) is 8.47. The van der Waals surface area contributed by atoms with Crippen LogP contribution in [-0.4, -0.2) is 16.8 Å². The van der Waals surface area contributed by atoms with E-state index in [0.717, 1.165) is 10.0 Å². The Hall–Kier alpha value is -2.21. The molecule has 2 rings (SSSR count). The summed E-state index contributed by atoms with van der Waals surface area (Å²) in [6.45, 7) is 1.91. The van der Waals surface area contributed by atoms with E-state index in [0.29, 0.717) is 11.3 Å². The highest BCUT2D eigenvalue weighted by Gasteiger charge is 2.08. The molecule has 1 aromatic heterocycles. The number of benzene rings is 1. The number of nitrogens with two attached hydrogens (primary N) is 1. The van der Waals surface area contributed by atoms with Gasteiger partial charge in [-0.2, -0.15) is 0 Å². The summed E-state index contributed by atoms with van der Waals surface area (Å²) in [5.41, 5.74) is 7.26. The first-order chi connectivity index (χ1) is 9.45. The lowest BCUT2D eigenvalue weighted by Crippen LogP contribution is -2.15. The highest BCUT2D eigenvalue weighted by atomic mass is 79.9. The summed E-state index contributed by atoms with van der Waals surface area (Å²) in [5, 5.41) is 2.70. The van der Waals surface area contributed by atoms with E-state index in [4.69, 9.17) is 5.73 Å². The van der Waals surface area contributed by atoms with Gasteiger partial charge in [-0.05, 0) is 42.8 Å². The Kier molecular flexibility index (Phi) is 4.14. The standard InChI is InChI=1S/C14H12BrN3O2/c1-8-4-9(6-10(15)5-8)14(20)18-11-2-3-12(13(16)19)17-7-11/h2-7H,1H3,(H2,16,19)(H,18,20). The number of pyridine rings is 1. The molecule has 20 heavy (non-hydrogen) atoms. The number of anilines is 1. The average Bonchev–Trinajstić information content (AvgIpc) is 2.38. The topological polar surface area (TPSA) is 85.1 Å². The molecule has 0 aliphatic carbocycles. The van der Waals surface area contributed by atoms with Crippen LogP contribution in [0.1, 0.15) is 26.4 Å². The van der Waals surface area contributed by atoms with Crippen molar-refractivity contribution in [3.8, 4) is 0 Å². The summed E-state index contributed by atoms with van der Waals surface area (Å²) in [7, 11) is 0. The lowest BCUT2D eigenvalue weighted by molar-refractivity contribution is 0.0994. The van der Waals surface area contributed by atoms with Crippen molar-refractivity contribution in [1.82, 2.24) is 4.98 Å². The molecule has 6 heteroatoms. The van der Waals surface area contributed by atoms with Crippen LogP contribution in [0.3, 0.4) is 0 Å². The van der Waals surface area contributed by atoms with E-state index in [2.05, 4.69) is 26.2 Å². The number of aromatic nitrogens is 1. The Bertz CT molecular complexity index is 648. The smallest absolute Gasteiger partial charge is 0.267 e. The van der Waals surface area contributed by atoms with Gasteiger partial charge in [0.15, 0.2) is 0 Å². The molecule has 0 radical (unpaired) electrons. The number of rotatable bonds is 3. The molecule has 0 aliphatic rings. The number of aryl methyl sites for hydroxylation is 1. The van der Waals surface area contributed by atoms with Crippen molar-refractivity contribution in [2.24, 2.45) is 5.73 Å². The number of halogens is 1. The van der Waals surface area contributed by atoms with Gasteiger partial charge < -0.3 is 11.1 Å². The minimum absolute atomic E-state index is 0.154. The fourth-order valence-electron chi connectivity index (χ4n) is 1.68. The zero-order valence-corrected chi connectivity index (χ0v) is 12.3. The maximum absolute atomic E-state index is 12.1. The molecular formula is C14H12BrN3O2. The minimum atomic E-state index is -0.606. The summed E-state index contributed by atoms with van der Waals surface area (Å²) >= 11 is 3.35. The average molecular weight is 334 g/mol. The van der Waals surface area contributed by atoms with E-state index in [1.807, 2.05) is 13.0 Å². The Morgan fingerprint density at radius 1 is 1.25 bits per heavy atom. The number of primary amides is 1. The third-order valence-electron chi connectivity index (χ3n) is 2.58. The molecule has 1 heterocycles. The van der Waals surface area contributed by atoms with Crippen LogP contribution in [0.15, 0.2) is 41.0 Å². The molecule has 102 valence electrons. The van der Waals surface area contributed by atoms with Gasteiger partial charge in [0.05, 0.1) is 11.9 Å². The van der Waals surface area contributed by atoms with Crippen molar-refractivity contribution < 1.29 is 9.59 Å². The number of nitrogens with one attached hydrogen (secondary N) is 1. The van der Waals surface area contributed by atoms with Gasteiger partial charge in [0, 0.05) is 10.0 Å². The Morgan fingerprint density at radius 2 is 2.00 bits per heavy atom. The maximum atomic E-state index is 12.1. The summed E-state index contributed by atoms with van der Waals surface area (Å²) in [5.74, 6) is -0.853. The van der Waals surface area contributed by atoms with Crippen molar-refractivity contribution in [2.75, 3.05) is 5.32 Å². The third kappa shape index (κ3) is 3.42. The normalized spacial score (nSPS) is 10.1. The number of nitrogens with zero attached hydrogens (tertiary/aromatic N) is 1. The van der Waals surface area contributed by atoms with Crippen LogP contribution in [0, 0.1) is 6.92 Å². The monoisotopic (exact) mass is 333 g/mol. The van der Waals surface area contributed by atoms with Gasteiger partial charge >= 0.3 is 0 Å². The van der Waals surface area contributed by atoms with E-state index < -0.39 is 5.91 Å². The second-order valence-corrected chi connectivity index (χ2v) is 5.18. The molecule has 0 aliphatic heterocycles. The number of hydrogen-bond acceptors (Lipinski definition) is 3. The van der Waals surface area contributed by atoms with E-state index in [1.165, 1.54) is 12.3 Å². The van der Waals surface area contributed by atoms with E-state index in [1.54, 1.807) is 18.2 Å². The molecule has 5 nitrogen and oxygen atoms in total. The quantitative estimate of drug-likeness (QED) is 0.904. The lowest BCUT2D eigenvalue weighted by atomic mass is 10.1. The number of carbonyl (C=O) groups is 2. The first-order valence-electron chi connectivity index (χ1n) is 5.80. The van der Waals surface area contributed by atoms with Crippen molar-refractivity contribution in [3.05, 3.63) is 57.8 Å². The molecule has 2 amide bonds. The molecule has 0 spiro atoms. The molecular weight excluding hydrogens is 322 g/mol. The molecule has 0 fully saturated rings. The lowest BCUT2D eigenvalue weighted by Gasteiger charge is -2.06. The zero-order valence-electron chi connectivity index (χ0n) is 10.7. The third-order valence-corrected chi connectivity index (χ3v) is 3.04. The minimum Gasteiger partial charge on any atom is -0.364 e. The molecule has 0 atom stereocenters. The van der Waals surface area contributed by atoms with Gasteiger partial charge in [0.2, 0.25) is 0 Å². The van der Waals surface area contributed by atoms with E-state index in [9.17, 15) is 9.59 Å². The fourth-order valence-corrected chi connectivity index (χ4v) is 2.29. The molecule has 0 bridgehead atoms. The molecule has 1 aromatic carbocycles. The van der Waals surface area contributed by atoms with E-state index in [-0.39, 0.29) is 11.6 Å². The first-order valence-corrected chi connectivity index (χ1v) is 6.59. The van der Waals surface area contributed by atoms with Crippen LogP contribution in [0.5, 0.6) is 0 Å². The van der Waals surface area contributed by atoms with E-state index >= 15 is 0 Å². The van der Waals surface area contributed by atoms with Gasteiger partial charge in [-0.1, -0.05) is 15.9 Å². The van der Waals surface area contributed by atoms with Gasteiger partial charge in [0.1, 0.15) is 5.69 Å². The predicted octanol–water partition coefficient (Wildman–Crippen LogP) is 2.50. The Balaban J connectivity index is 2.16. The Morgan fingerprint density at radius 3 is 2.55 bits per heavy atom. The molecule has 3 N–H and O–H groups in total. The largest absolute Gasteiger partial charge is 0.364 e. The second-order valence-electron chi connectivity index (χ2n) is 4.27. The maximum Gasteiger partial charge on any atom is 0.267 e. The first kappa shape index (κ1) is 14.2. The van der Waals surface area contributed by atoms with Crippen molar-refractivity contribution in [2.45, 2.75) is 6.92 Å². The van der Waals surface area contributed by atoms with Crippen molar-refractivity contribution in [1.29, 1.82) is 0 Å². The summed E-state index contributed by atoms with van der Waals surface area (Å²) < 4.78 is 0.838. The number of hydrogen-bond donors (Lipinski definition) is 2. The highest BCUT2D eigenvalue weighted by Crippen LogP contribution is 2.16. The van der Waals surface area contributed by atoms with Crippen molar-refractivity contribution >= 4 is 33.4 Å². The summed E-state index contributed by atoms with van der Waals surface area (Å²) in [4.78, 5) is 26.8. The molecule has 0 saturated heterocycles. The molecule has 2 aromatic rings. The van der Waals surface area contributed by atoms with Gasteiger partial charge in [-0.15, -0.1) is 0 Å².